The zero-order valence-electron chi connectivity index (χ0n) is 16.8. The number of hydrogen-bond donors (Lipinski definition) is 1. The van der Waals surface area contributed by atoms with Crippen LogP contribution in [0.3, 0.4) is 0 Å². The highest BCUT2D eigenvalue weighted by molar-refractivity contribution is 7.92. The molecule has 0 saturated heterocycles. The van der Waals surface area contributed by atoms with E-state index in [9.17, 15) is 13.2 Å². The minimum atomic E-state index is -3.48. The number of fused-ring (bicyclic) bond motifs is 1. The third-order valence-electron chi connectivity index (χ3n) is 5.38. The first-order valence-electron chi connectivity index (χ1n) is 9.87. The van der Waals surface area contributed by atoms with Gasteiger partial charge in [0, 0.05) is 18.0 Å². The van der Waals surface area contributed by atoms with Gasteiger partial charge in [0.2, 0.25) is 15.9 Å². The molecule has 5 nitrogen and oxygen atoms in total. The average Bonchev–Trinajstić information content (AvgIpc) is 2.67. The van der Waals surface area contributed by atoms with Crippen molar-refractivity contribution in [1.29, 1.82) is 0 Å². The largest absolute Gasteiger partial charge is 0.349 e. The molecule has 0 aromatic heterocycles. The number of benzene rings is 2. The van der Waals surface area contributed by atoms with Crippen molar-refractivity contribution in [3.8, 4) is 0 Å². The Morgan fingerprint density at radius 2 is 1.97 bits per heavy atom. The third kappa shape index (κ3) is 5.31. The molecule has 2 aromatic rings. The number of nitrogens with one attached hydrogen (secondary N) is 1. The highest BCUT2D eigenvalue weighted by Gasteiger charge is 2.23. The zero-order valence-corrected chi connectivity index (χ0v) is 18.4. The normalized spacial score (nSPS) is 16.2. The number of halogens is 1. The molecule has 1 aliphatic carbocycles. The standard InChI is InChI=1S/C22H27ClN2O3S/c1-16-19(23)11-6-13-21(16)25(29(2,27)28)15-7-14-22(26)24-20-12-5-9-17-8-3-4-10-18(17)20/h3-4,6,8,10-11,13,20H,5,7,9,12,14-15H2,1-2H3,(H,24,26). The van der Waals surface area contributed by atoms with E-state index in [4.69, 9.17) is 11.6 Å². The van der Waals surface area contributed by atoms with Gasteiger partial charge in [0.1, 0.15) is 0 Å². The number of sulfonamides is 1. The van der Waals surface area contributed by atoms with Crippen molar-refractivity contribution >= 4 is 33.2 Å². The van der Waals surface area contributed by atoms with Crippen molar-refractivity contribution in [1.82, 2.24) is 5.32 Å². The van der Waals surface area contributed by atoms with Gasteiger partial charge in [-0.15, -0.1) is 0 Å². The number of amides is 1. The molecule has 0 aliphatic heterocycles. The van der Waals surface area contributed by atoms with Gasteiger partial charge < -0.3 is 5.32 Å². The molecule has 1 amide bonds. The summed E-state index contributed by atoms with van der Waals surface area (Å²) in [6.45, 7) is 2.03. The van der Waals surface area contributed by atoms with Crippen molar-refractivity contribution in [3.05, 3.63) is 64.2 Å². The molecule has 1 atom stereocenters. The fraction of sp³-hybridized carbons (Fsp3) is 0.409. The lowest BCUT2D eigenvalue weighted by Gasteiger charge is -2.27. The van der Waals surface area contributed by atoms with Gasteiger partial charge in [-0.2, -0.15) is 0 Å². The predicted molar refractivity (Wildman–Crippen MR) is 118 cm³/mol. The molecule has 1 aliphatic rings. The van der Waals surface area contributed by atoms with Gasteiger partial charge in [-0.3, -0.25) is 9.10 Å². The van der Waals surface area contributed by atoms with Crippen molar-refractivity contribution in [2.24, 2.45) is 0 Å². The van der Waals surface area contributed by atoms with Crippen molar-refractivity contribution in [3.63, 3.8) is 0 Å². The van der Waals surface area contributed by atoms with E-state index in [0.717, 1.165) is 19.3 Å². The van der Waals surface area contributed by atoms with Gasteiger partial charge in [0.15, 0.2) is 0 Å². The van der Waals surface area contributed by atoms with Gasteiger partial charge >= 0.3 is 0 Å². The Hall–Kier alpha value is -2.05. The van der Waals surface area contributed by atoms with Gasteiger partial charge in [0.05, 0.1) is 18.0 Å². The summed E-state index contributed by atoms with van der Waals surface area (Å²) in [7, 11) is -3.48. The van der Waals surface area contributed by atoms with Crippen LogP contribution in [0, 0.1) is 6.92 Å². The van der Waals surface area contributed by atoms with Gasteiger partial charge in [-0.1, -0.05) is 41.9 Å². The first-order chi connectivity index (χ1) is 13.8. The summed E-state index contributed by atoms with van der Waals surface area (Å²) in [5.41, 5.74) is 3.76. The number of carbonyl (C=O) groups excluding carboxylic acids is 1. The SMILES string of the molecule is Cc1c(Cl)cccc1N(CCCC(=O)NC1CCCc2ccccc21)S(C)(=O)=O. The number of carbonyl (C=O) groups is 1. The van der Waals surface area contributed by atoms with E-state index in [0.29, 0.717) is 22.7 Å². The molecular weight excluding hydrogens is 408 g/mol. The van der Waals surface area contributed by atoms with Crippen molar-refractivity contribution in [2.75, 3.05) is 17.1 Å². The van der Waals surface area contributed by atoms with Crippen molar-refractivity contribution in [2.45, 2.75) is 45.1 Å². The van der Waals surface area contributed by atoms with Gasteiger partial charge in [-0.05, 0) is 61.4 Å². The molecule has 0 heterocycles. The quantitative estimate of drug-likeness (QED) is 0.702. The molecule has 0 spiro atoms. The van der Waals surface area contributed by atoms with E-state index in [1.54, 1.807) is 25.1 Å². The number of rotatable bonds is 7. The monoisotopic (exact) mass is 434 g/mol. The van der Waals surface area contributed by atoms with E-state index >= 15 is 0 Å². The molecule has 0 saturated carbocycles. The highest BCUT2D eigenvalue weighted by atomic mass is 35.5. The molecule has 156 valence electrons. The van der Waals surface area contributed by atoms with Crippen LogP contribution < -0.4 is 9.62 Å². The fourth-order valence-electron chi connectivity index (χ4n) is 3.88. The fourth-order valence-corrected chi connectivity index (χ4v) is 5.07. The van der Waals surface area contributed by atoms with Crippen LogP contribution in [-0.2, 0) is 21.2 Å². The maximum atomic E-state index is 12.5. The third-order valence-corrected chi connectivity index (χ3v) is 6.97. The Balaban J connectivity index is 1.62. The number of hydrogen-bond acceptors (Lipinski definition) is 3. The molecule has 1 N–H and O–H groups in total. The topological polar surface area (TPSA) is 66.5 Å². The average molecular weight is 435 g/mol. The predicted octanol–water partition coefficient (Wildman–Crippen LogP) is 4.39. The van der Waals surface area contributed by atoms with Gasteiger partial charge in [-0.25, -0.2) is 8.42 Å². The van der Waals surface area contributed by atoms with Crippen LogP contribution in [0.2, 0.25) is 5.02 Å². The second kappa shape index (κ2) is 9.18. The lowest BCUT2D eigenvalue weighted by atomic mass is 9.87. The summed E-state index contributed by atoms with van der Waals surface area (Å²) >= 11 is 6.16. The second-order valence-electron chi connectivity index (χ2n) is 7.53. The van der Waals surface area contributed by atoms with E-state index in [1.165, 1.54) is 21.7 Å². The van der Waals surface area contributed by atoms with Crippen LogP contribution in [0.25, 0.3) is 0 Å². The summed E-state index contributed by atoms with van der Waals surface area (Å²) in [5.74, 6) is -0.0528. The van der Waals surface area contributed by atoms with E-state index in [2.05, 4.69) is 17.4 Å². The molecule has 7 heteroatoms. The van der Waals surface area contributed by atoms with Crippen LogP contribution >= 0.6 is 11.6 Å². The Kier molecular flexibility index (Phi) is 6.85. The van der Waals surface area contributed by atoms with Crippen LogP contribution in [0.1, 0.15) is 48.4 Å². The Bertz CT molecular complexity index is 991. The molecule has 0 radical (unpaired) electrons. The van der Waals surface area contributed by atoms with Crippen LogP contribution in [0.15, 0.2) is 42.5 Å². The zero-order chi connectivity index (χ0) is 21.0. The molecule has 1 unspecified atom stereocenters. The van der Waals surface area contributed by atoms with Crippen molar-refractivity contribution < 1.29 is 13.2 Å². The smallest absolute Gasteiger partial charge is 0.232 e. The molecule has 0 fully saturated rings. The molecular formula is C22H27ClN2O3S. The summed E-state index contributed by atoms with van der Waals surface area (Å²) < 4.78 is 25.9. The molecule has 2 aromatic carbocycles. The maximum absolute atomic E-state index is 12.5. The Labute approximate surface area is 178 Å². The summed E-state index contributed by atoms with van der Waals surface area (Å²) in [6, 6.07) is 13.5. The van der Waals surface area contributed by atoms with E-state index in [1.807, 2.05) is 12.1 Å². The molecule has 29 heavy (non-hydrogen) atoms. The Morgan fingerprint density at radius 1 is 1.21 bits per heavy atom. The van der Waals surface area contributed by atoms with Crippen LogP contribution in [0.4, 0.5) is 5.69 Å². The maximum Gasteiger partial charge on any atom is 0.232 e. The Morgan fingerprint density at radius 3 is 2.72 bits per heavy atom. The molecule has 0 bridgehead atoms. The summed E-state index contributed by atoms with van der Waals surface area (Å²) in [5, 5.41) is 3.64. The van der Waals surface area contributed by atoms with Crippen LogP contribution in [-0.4, -0.2) is 27.1 Å². The van der Waals surface area contributed by atoms with E-state index in [-0.39, 0.29) is 24.9 Å². The lowest BCUT2D eigenvalue weighted by molar-refractivity contribution is -0.122. The lowest BCUT2D eigenvalue weighted by Crippen LogP contribution is -2.34. The minimum Gasteiger partial charge on any atom is -0.349 e. The highest BCUT2D eigenvalue weighted by Crippen LogP contribution is 2.30. The number of aryl methyl sites for hydroxylation is 1. The number of nitrogens with zero attached hydrogens (tertiary/aromatic N) is 1. The first-order valence-corrected chi connectivity index (χ1v) is 12.1. The second-order valence-corrected chi connectivity index (χ2v) is 9.85. The van der Waals surface area contributed by atoms with Crippen LogP contribution in [0.5, 0.6) is 0 Å². The molecule has 3 rings (SSSR count). The van der Waals surface area contributed by atoms with E-state index < -0.39 is 10.0 Å². The minimum absolute atomic E-state index is 0.0358. The summed E-state index contributed by atoms with van der Waals surface area (Å²) in [4.78, 5) is 12.5. The summed E-state index contributed by atoms with van der Waals surface area (Å²) in [6.07, 6.45) is 4.90. The van der Waals surface area contributed by atoms with Gasteiger partial charge in [0.25, 0.3) is 0 Å². The first kappa shape index (κ1) is 21.7. The number of anilines is 1.